The second kappa shape index (κ2) is 5.38. The minimum absolute atomic E-state index is 0.108. The lowest BCUT2D eigenvalue weighted by atomic mass is 10.1. The van der Waals surface area contributed by atoms with Crippen molar-refractivity contribution in [1.29, 1.82) is 0 Å². The summed E-state index contributed by atoms with van der Waals surface area (Å²) in [6, 6.07) is -1.23. The van der Waals surface area contributed by atoms with Crippen LogP contribution in [0.3, 0.4) is 0 Å². The number of nitrogens with zero attached hydrogens (tertiary/aromatic N) is 7. The van der Waals surface area contributed by atoms with Gasteiger partial charge in [0.2, 0.25) is 11.8 Å². The fraction of sp³-hybridized carbons (Fsp3) is 0.615. The Morgan fingerprint density at radius 2 is 2.35 bits per heavy atom. The molecule has 4 rings (SSSR count). The average molecular weight is 366 g/mol. The fourth-order valence-corrected chi connectivity index (χ4v) is 3.54. The summed E-state index contributed by atoms with van der Waals surface area (Å²) in [5.74, 6) is 0.0265. The first-order valence-electron chi connectivity index (χ1n) is 7.76. The Hall–Kier alpha value is -2.73. The predicted octanol–water partition coefficient (Wildman–Crippen LogP) is -0.171. The summed E-state index contributed by atoms with van der Waals surface area (Å²) in [6.07, 6.45) is -2.11. The molecule has 1 unspecified atom stereocenters. The first-order chi connectivity index (χ1) is 12.4. The topological polar surface area (TPSA) is 177 Å². The molecule has 1 aliphatic carbocycles. The van der Waals surface area contributed by atoms with E-state index in [0.717, 1.165) is 0 Å². The number of imidazole rings is 1. The predicted molar refractivity (Wildman–Crippen MR) is 83.6 cm³/mol. The summed E-state index contributed by atoms with van der Waals surface area (Å²) in [5, 5.41) is 23.5. The zero-order valence-corrected chi connectivity index (χ0v) is 13.5. The number of anilines is 1. The highest BCUT2D eigenvalue weighted by molar-refractivity contribution is 5.77. The van der Waals surface area contributed by atoms with Crippen LogP contribution in [0.1, 0.15) is 13.2 Å². The van der Waals surface area contributed by atoms with Crippen LogP contribution in [0.4, 0.5) is 10.3 Å². The monoisotopic (exact) mass is 366 g/mol. The van der Waals surface area contributed by atoms with Gasteiger partial charge >= 0.3 is 0 Å². The van der Waals surface area contributed by atoms with Crippen LogP contribution < -0.4 is 10.5 Å². The lowest BCUT2D eigenvalue weighted by Crippen LogP contribution is -2.33. The maximum atomic E-state index is 15.0. The summed E-state index contributed by atoms with van der Waals surface area (Å²) >= 11 is 0. The van der Waals surface area contributed by atoms with Gasteiger partial charge < -0.3 is 25.4 Å². The molecule has 2 aliphatic rings. The first kappa shape index (κ1) is 16.7. The SMILES string of the molecule is CCOc1nc(N)nc2c1ncn2[C@@H]1O[C@@]2(CO)C(N=[N+]=[N-])[C@]2(O)[C@H]1F. The molecule has 2 fully saturated rings. The Labute approximate surface area is 145 Å². The van der Waals surface area contributed by atoms with Crippen LogP contribution in [0.15, 0.2) is 11.4 Å². The molecule has 5 atom stereocenters. The molecule has 3 heterocycles. The molecule has 2 aromatic heterocycles. The van der Waals surface area contributed by atoms with Crippen LogP contribution in [0.2, 0.25) is 0 Å². The van der Waals surface area contributed by atoms with Crippen molar-refractivity contribution < 1.29 is 24.1 Å². The van der Waals surface area contributed by atoms with Crippen LogP contribution in [0.25, 0.3) is 21.6 Å². The number of halogens is 1. The number of rotatable bonds is 5. The van der Waals surface area contributed by atoms with Gasteiger partial charge in [0.15, 0.2) is 23.6 Å². The van der Waals surface area contributed by atoms with Crippen LogP contribution >= 0.6 is 0 Å². The van der Waals surface area contributed by atoms with Gasteiger partial charge in [-0.05, 0) is 12.5 Å². The molecule has 13 heteroatoms. The zero-order valence-electron chi connectivity index (χ0n) is 13.5. The van der Waals surface area contributed by atoms with E-state index in [1.165, 1.54) is 10.9 Å². The van der Waals surface area contributed by atoms with E-state index in [0.29, 0.717) is 6.61 Å². The number of alkyl halides is 1. The molecule has 2 aromatic rings. The molecule has 4 N–H and O–H groups in total. The molecule has 1 saturated heterocycles. The lowest BCUT2D eigenvalue weighted by molar-refractivity contribution is -0.0793. The van der Waals surface area contributed by atoms with E-state index in [4.69, 9.17) is 20.7 Å². The first-order valence-corrected chi connectivity index (χ1v) is 7.76. The smallest absolute Gasteiger partial charge is 0.247 e. The largest absolute Gasteiger partial charge is 0.476 e. The Balaban J connectivity index is 1.78. The minimum atomic E-state index is -2.14. The highest BCUT2D eigenvalue weighted by atomic mass is 19.1. The van der Waals surface area contributed by atoms with Crippen molar-refractivity contribution in [2.45, 2.75) is 36.6 Å². The van der Waals surface area contributed by atoms with E-state index in [-0.39, 0.29) is 23.0 Å². The molecule has 0 spiro atoms. The summed E-state index contributed by atoms with van der Waals surface area (Å²) < 4.78 is 27.2. The number of nitrogens with two attached hydrogens (primary N) is 1. The molecule has 1 aliphatic heterocycles. The van der Waals surface area contributed by atoms with Crippen LogP contribution in [0.5, 0.6) is 5.88 Å². The Bertz CT molecular complexity index is 928. The second-order valence-corrected chi connectivity index (χ2v) is 6.03. The highest BCUT2D eigenvalue weighted by Gasteiger charge is 2.87. The maximum absolute atomic E-state index is 15.0. The number of ether oxygens (including phenoxy) is 2. The molecule has 0 radical (unpaired) electrons. The third-order valence-electron chi connectivity index (χ3n) is 4.82. The van der Waals surface area contributed by atoms with Crippen molar-refractivity contribution in [2.24, 2.45) is 5.11 Å². The molecular weight excluding hydrogens is 351 g/mol. The quantitative estimate of drug-likeness (QED) is 0.371. The molecule has 12 nitrogen and oxygen atoms in total. The van der Waals surface area contributed by atoms with Crippen LogP contribution in [0, 0.1) is 0 Å². The van der Waals surface area contributed by atoms with Gasteiger partial charge in [0.25, 0.3) is 0 Å². The zero-order chi connectivity index (χ0) is 18.7. The van der Waals surface area contributed by atoms with E-state index < -0.39 is 36.3 Å². The van der Waals surface area contributed by atoms with Gasteiger partial charge in [0.1, 0.15) is 17.2 Å². The van der Waals surface area contributed by atoms with Crippen molar-refractivity contribution >= 4 is 17.1 Å². The maximum Gasteiger partial charge on any atom is 0.247 e. The van der Waals surface area contributed by atoms with Gasteiger partial charge in [0.05, 0.1) is 19.5 Å². The van der Waals surface area contributed by atoms with Gasteiger partial charge in [-0.15, -0.1) is 0 Å². The summed E-state index contributed by atoms with van der Waals surface area (Å²) in [7, 11) is 0. The molecule has 1 saturated carbocycles. The summed E-state index contributed by atoms with van der Waals surface area (Å²) in [5.41, 5.74) is 10.8. The molecular formula is C13H15FN8O4. The number of hydrogen-bond donors (Lipinski definition) is 3. The average Bonchev–Trinajstić information content (AvgIpc) is 2.88. The Kier molecular flexibility index (Phi) is 3.46. The molecule has 0 bridgehead atoms. The lowest BCUT2D eigenvalue weighted by Gasteiger charge is -2.21. The normalized spacial score (nSPS) is 35.2. The third-order valence-corrected chi connectivity index (χ3v) is 4.82. The molecule has 0 aromatic carbocycles. The van der Waals surface area contributed by atoms with E-state index in [1.807, 2.05) is 0 Å². The molecule has 0 amide bonds. The van der Waals surface area contributed by atoms with Gasteiger partial charge in [0, 0.05) is 4.91 Å². The summed E-state index contributed by atoms with van der Waals surface area (Å²) in [4.78, 5) is 14.7. The van der Waals surface area contributed by atoms with Gasteiger partial charge in [-0.2, -0.15) is 9.97 Å². The van der Waals surface area contributed by atoms with Crippen LogP contribution in [-0.4, -0.2) is 66.4 Å². The molecule has 26 heavy (non-hydrogen) atoms. The van der Waals surface area contributed by atoms with Crippen molar-refractivity contribution in [3.05, 3.63) is 16.8 Å². The van der Waals surface area contributed by atoms with Gasteiger partial charge in [-0.1, -0.05) is 5.11 Å². The van der Waals surface area contributed by atoms with E-state index in [9.17, 15) is 10.2 Å². The van der Waals surface area contributed by atoms with Crippen LogP contribution in [-0.2, 0) is 4.74 Å². The third kappa shape index (κ3) is 1.82. The van der Waals surface area contributed by atoms with E-state index in [2.05, 4.69) is 25.0 Å². The van der Waals surface area contributed by atoms with E-state index >= 15 is 4.39 Å². The Morgan fingerprint density at radius 1 is 1.58 bits per heavy atom. The van der Waals surface area contributed by atoms with Crippen molar-refractivity contribution in [3.63, 3.8) is 0 Å². The number of azide groups is 1. The number of aromatic nitrogens is 4. The van der Waals surface area contributed by atoms with Crippen molar-refractivity contribution in [2.75, 3.05) is 18.9 Å². The summed E-state index contributed by atoms with van der Waals surface area (Å²) in [6.45, 7) is 1.34. The second-order valence-electron chi connectivity index (χ2n) is 6.03. The number of nitrogen functional groups attached to an aromatic ring is 1. The van der Waals surface area contributed by atoms with E-state index in [1.54, 1.807) is 6.92 Å². The number of fused-ring (bicyclic) bond motifs is 2. The highest BCUT2D eigenvalue weighted by Crippen LogP contribution is 2.65. The van der Waals surface area contributed by atoms with Crippen molar-refractivity contribution in [1.82, 2.24) is 19.5 Å². The number of aliphatic hydroxyl groups excluding tert-OH is 1. The number of hydrogen-bond acceptors (Lipinski definition) is 9. The van der Waals surface area contributed by atoms with Crippen molar-refractivity contribution in [3.8, 4) is 5.88 Å². The minimum Gasteiger partial charge on any atom is -0.476 e. The standard InChI is InChI=1S/C13H15FN8O4/c1-2-25-8-5-7(18-11(15)19-8)22(4-17-5)9-6(14)13(24)10(20-21-16)12(13,3-23)26-9/h4,6,9-10,23-24H,2-3H2,1H3,(H2,15,18,19)/t6-,9+,10?,12-,13+/m0/s1. The van der Waals surface area contributed by atoms with Gasteiger partial charge in [-0.25, -0.2) is 9.37 Å². The number of aliphatic hydroxyl groups is 2. The Morgan fingerprint density at radius 3 is 2.96 bits per heavy atom. The fourth-order valence-electron chi connectivity index (χ4n) is 3.54. The van der Waals surface area contributed by atoms with Gasteiger partial charge in [-0.3, -0.25) is 4.57 Å². The molecule has 138 valence electrons.